The fourth-order valence-corrected chi connectivity index (χ4v) is 4.10. The van der Waals surface area contributed by atoms with Crippen LogP contribution in [0.3, 0.4) is 0 Å². The number of furan rings is 1. The summed E-state index contributed by atoms with van der Waals surface area (Å²) in [5.41, 5.74) is 0.682. The van der Waals surface area contributed by atoms with Gasteiger partial charge in [-0.1, -0.05) is 12.1 Å². The number of carbonyl (C=O) groups excluding carboxylic acids is 3. The lowest BCUT2D eigenvalue weighted by atomic mass is 10.1. The van der Waals surface area contributed by atoms with Crippen LogP contribution >= 0.6 is 11.3 Å². The van der Waals surface area contributed by atoms with Crippen molar-refractivity contribution in [3.63, 3.8) is 0 Å². The Labute approximate surface area is 193 Å². The van der Waals surface area contributed by atoms with E-state index in [1.54, 1.807) is 55.6 Å². The monoisotopic (exact) mass is 471 g/mol. The molecule has 1 N–H and O–H groups in total. The van der Waals surface area contributed by atoms with Crippen molar-refractivity contribution in [2.24, 2.45) is 0 Å². The van der Waals surface area contributed by atoms with Crippen LogP contribution in [0.4, 0.5) is 5.00 Å². The van der Waals surface area contributed by atoms with E-state index in [1.165, 1.54) is 0 Å². The Morgan fingerprint density at radius 2 is 1.91 bits per heavy atom. The van der Waals surface area contributed by atoms with Crippen molar-refractivity contribution in [3.05, 3.63) is 53.1 Å². The first-order chi connectivity index (χ1) is 16.0. The van der Waals surface area contributed by atoms with Gasteiger partial charge >= 0.3 is 11.9 Å². The number of para-hydroxylation sites is 2. The molecular formula is C23H21NO8S. The molecule has 0 aliphatic carbocycles. The van der Waals surface area contributed by atoms with Gasteiger partial charge in [-0.15, -0.1) is 11.3 Å². The molecule has 0 bridgehead atoms. The van der Waals surface area contributed by atoms with E-state index in [0.29, 0.717) is 28.6 Å². The van der Waals surface area contributed by atoms with Crippen molar-refractivity contribution >= 4 is 34.2 Å². The Balaban J connectivity index is 1.40. The molecule has 33 heavy (non-hydrogen) atoms. The van der Waals surface area contributed by atoms with Crippen LogP contribution in [-0.2, 0) is 19.1 Å². The minimum Gasteiger partial charge on any atom is -0.485 e. The molecule has 1 aromatic carbocycles. The van der Waals surface area contributed by atoms with Crippen LogP contribution in [0.1, 0.15) is 23.0 Å². The number of amides is 1. The lowest BCUT2D eigenvalue weighted by Crippen LogP contribution is -2.39. The van der Waals surface area contributed by atoms with Gasteiger partial charge in [-0.2, -0.15) is 0 Å². The van der Waals surface area contributed by atoms with E-state index in [-0.39, 0.29) is 23.8 Å². The van der Waals surface area contributed by atoms with Crippen molar-refractivity contribution < 1.29 is 37.7 Å². The quantitative estimate of drug-likeness (QED) is 0.518. The molecule has 0 saturated carbocycles. The molecule has 0 saturated heterocycles. The van der Waals surface area contributed by atoms with Gasteiger partial charge in [0.1, 0.15) is 28.7 Å². The van der Waals surface area contributed by atoms with Crippen LogP contribution < -0.4 is 14.8 Å². The first-order valence-corrected chi connectivity index (χ1v) is 11.0. The second-order valence-corrected chi connectivity index (χ2v) is 7.88. The van der Waals surface area contributed by atoms with Crippen molar-refractivity contribution in [1.29, 1.82) is 0 Å². The maximum atomic E-state index is 12.6. The Morgan fingerprint density at radius 1 is 1.12 bits per heavy atom. The number of rotatable bonds is 7. The molecule has 1 atom stereocenters. The molecule has 4 rings (SSSR count). The number of nitrogens with one attached hydrogen (secondary N) is 1. The molecule has 1 amide bonds. The highest BCUT2D eigenvalue weighted by atomic mass is 32.1. The van der Waals surface area contributed by atoms with E-state index in [2.05, 4.69) is 5.32 Å². The predicted octanol–water partition coefficient (Wildman–Crippen LogP) is 3.81. The third-order valence-corrected chi connectivity index (χ3v) is 5.54. The van der Waals surface area contributed by atoms with E-state index in [9.17, 15) is 14.4 Å². The van der Waals surface area contributed by atoms with E-state index < -0.39 is 30.6 Å². The van der Waals surface area contributed by atoms with Gasteiger partial charge in [-0.3, -0.25) is 4.79 Å². The van der Waals surface area contributed by atoms with Gasteiger partial charge in [0.25, 0.3) is 5.91 Å². The third kappa shape index (κ3) is 5.01. The number of benzene rings is 1. The summed E-state index contributed by atoms with van der Waals surface area (Å²) in [6, 6.07) is 10.5. The topological polar surface area (TPSA) is 113 Å². The molecule has 2 aromatic heterocycles. The zero-order valence-corrected chi connectivity index (χ0v) is 18.7. The fourth-order valence-electron chi connectivity index (χ4n) is 3.14. The summed E-state index contributed by atoms with van der Waals surface area (Å²) in [5, 5.41) is 4.57. The van der Waals surface area contributed by atoms with E-state index in [1.807, 2.05) is 0 Å². The van der Waals surface area contributed by atoms with Gasteiger partial charge in [0, 0.05) is 10.9 Å². The molecule has 0 spiro atoms. The van der Waals surface area contributed by atoms with Crippen LogP contribution in [0, 0.1) is 6.92 Å². The minimum atomic E-state index is -0.988. The van der Waals surface area contributed by atoms with E-state index in [4.69, 9.17) is 23.4 Å². The Morgan fingerprint density at radius 3 is 2.64 bits per heavy atom. The molecule has 0 unspecified atom stereocenters. The fraction of sp³-hybridized carbons (Fsp3) is 0.261. The summed E-state index contributed by atoms with van der Waals surface area (Å²) in [4.78, 5) is 37.3. The summed E-state index contributed by atoms with van der Waals surface area (Å²) >= 11 is 1.14. The van der Waals surface area contributed by atoms with Gasteiger partial charge in [-0.05, 0) is 38.1 Å². The zero-order chi connectivity index (χ0) is 23.4. The Kier molecular flexibility index (Phi) is 6.64. The van der Waals surface area contributed by atoms with Crippen LogP contribution in [-0.4, -0.2) is 43.8 Å². The number of hydrogen-bond donors (Lipinski definition) is 1. The summed E-state index contributed by atoms with van der Waals surface area (Å²) in [5.74, 6) is 0.174. The molecular weight excluding hydrogens is 450 g/mol. The largest absolute Gasteiger partial charge is 0.485 e. The van der Waals surface area contributed by atoms with Crippen LogP contribution in [0.2, 0.25) is 0 Å². The number of fused-ring (bicyclic) bond motifs is 1. The lowest BCUT2D eigenvalue weighted by molar-refractivity contribution is -0.156. The number of hydrogen-bond acceptors (Lipinski definition) is 9. The van der Waals surface area contributed by atoms with Gasteiger partial charge in [0.15, 0.2) is 18.1 Å². The Hall–Kier alpha value is -3.79. The highest BCUT2D eigenvalue weighted by Gasteiger charge is 2.30. The summed E-state index contributed by atoms with van der Waals surface area (Å²) in [7, 11) is 0. The van der Waals surface area contributed by atoms with E-state index >= 15 is 0 Å². The number of carbonyl (C=O) groups is 3. The molecule has 1 aliphatic rings. The molecule has 172 valence electrons. The number of aryl methyl sites for hydroxylation is 1. The summed E-state index contributed by atoms with van der Waals surface area (Å²) < 4.78 is 26.9. The van der Waals surface area contributed by atoms with Crippen molar-refractivity contribution in [3.8, 4) is 22.8 Å². The maximum Gasteiger partial charge on any atom is 0.351 e. The van der Waals surface area contributed by atoms with Gasteiger partial charge in [-0.25, -0.2) is 9.59 Å². The van der Waals surface area contributed by atoms with Gasteiger partial charge in [0.05, 0.1) is 6.61 Å². The second kappa shape index (κ2) is 9.78. The van der Waals surface area contributed by atoms with Crippen molar-refractivity contribution in [2.75, 3.05) is 25.1 Å². The molecule has 1 aliphatic heterocycles. The molecule has 3 heterocycles. The normalized spacial score (nSPS) is 14.4. The van der Waals surface area contributed by atoms with Gasteiger partial charge in [0.2, 0.25) is 6.10 Å². The number of ether oxygens (including phenoxy) is 4. The standard InChI is InChI=1S/C23H21NO8S/c1-3-28-23(27)20-14(15-9-8-13(2)31-15)12-33-21(20)24-19(25)11-30-22(26)18-10-29-16-6-4-5-7-17(16)32-18/h4-9,12,18H,3,10-11H2,1-2H3,(H,24,25)/t18-/m0/s1. The predicted molar refractivity (Wildman–Crippen MR) is 119 cm³/mol. The van der Waals surface area contributed by atoms with Crippen molar-refractivity contribution in [2.45, 2.75) is 20.0 Å². The second-order valence-electron chi connectivity index (χ2n) is 7.00. The Bertz CT molecular complexity index is 1180. The van der Waals surface area contributed by atoms with Crippen LogP contribution in [0.15, 0.2) is 46.2 Å². The molecule has 0 radical (unpaired) electrons. The number of anilines is 1. The first kappa shape index (κ1) is 22.4. The summed E-state index contributed by atoms with van der Waals surface area (Å²) in [6.45, 7) is 3.06. The third-order valence-electron chi connectivity index (χ3n) is 4.65. The molecule has 9 nitrogen and oxygen atoms in total. The molecule has 0 fully saturated rings. The highest BCUT2D eigenvalue weighted by molar-refractivity contribution is 7.15. The van der Waals surface area contributed by atoms with E-state index in [0.717, 1.165) is 11.3 Å². The molecule has 3 aromatic rings. The zero-order valence-electron chi connectivity index (χ0n) is 17.9. The van der Waals surface area contributed by atoms with Gasteiger partial charge < -0.3 is 28.7 Å². The SMILES string of the molecule is CCOC(=O)c1c(-c2ccc(C)o2)csc1NC(=O)COC(=O)[C@@H]1COc2ccccc2O1. The number of thiophene rings is 1. The number of esters is 2. The minimum absolute atomic E-state index is 0.0265. The summed E-state index contributed by atoms with van der Waals surface area (Å²) in [6.07, 6.45) is -0.988. The van der Waals surface area contributed by atoms with Crippen molar-refractivity contribution in [1.82, 2.24) is 0 Å². The smallest absolute Gasteiger partial charge is 0.351 e. The average Bonchev–Trinajstić information content (AvgIpc) is 3.43. The lowest BCUT2D eigenvalue weighted by Gasteiger charge is -2.24. The molecule has 10 heteroatoms. The van der Waals surface area contributed by atoms with Crippen LogP contribution in [0.25, 0.3) is 11.3 Å². The van der Waals surface area contributed by atoms with Crippen LogP contribution in [0.5, 0.6) is 11.5 Å². The first-order valence-electron chi connectivity index (χ1n) is 10.2. The maximum absolute atomic E-state index is 12.6. The average molecular weight is 471 g/mol. The highest BCUT2D eigenvalue weighted by Crippen LogP contribution is 2.37.